The molecule has 2 aliphatic rings. The second kappa shape index (κ2) is 6.30. The summed E-state index contributed by atoms with van der Waals surface area (Å²) in [6.45, 7) is 1.03. The quantitative estimate of drug-likeness (QED) is 0.794. The van der Waals surface area contributed by atoms with E-state index in [0.717, 1.165) is 0 Å². The molecule has 0 spiro atoms. The standard InChI is InChI=1S/C15H19ClN2O4S/c1-17-6-7-18(13-10-23(20,21)9-12(13)17)15(19)8-22-14-5-3-2-4-11(14)16/h2-5,12-13H,6-10H2,1H3/t12-,13+/m0/s1. The van der Waals surface area contributed by atoms with Gasteiger partial charge in [0.2, 0.25) is 0 Å². The van der Waals surface area contributed by atoms with Gasteiger partial charge in [-0.05, 0) is 19.2 Å². The minimum absolute atomic E-state index is 0.0276. The summed E-state index contributed by atoms with van der Waals surface area (Å²) in [6, 6.07) is 6.53. The van der Waals surface area contributed by atoms with Gasteiger partial charge in [0, 0.05) is 19.1 Å². The molecular weight excluding hydrogens is 340 g/mol. The fourth-order valence-electron chi connectivity index (χ4n) is 3.22. The van der Waals surface area contributed by atoms with E-state index in [-0.39, 0.29) is 36.1 Å². The van der Waals surface area contributed by atoms with Crippen molar-refractivity contribution < 1.29 is 17.9 Å². The highest BCUT2D eigenvalue weighted by molar-refractivity contribution is 7.91. The average Bonchev–Trinajstić information content (AvgIpc) is 2.82. The Hall–Kier alpha value is -1.31. The highest BCUT2D eigenvalue weighted by Gasteiger charge is 2.46. The number of para-hydroxylation sites is 1. The fourth-order valence-corrected chi connectivity index (χ4v) is 5.47. The van der Waals surface area contributed by atoms with Crippen LogP contribution in [0.4, 0.5) is 0 Å². The molecule has 2 heterocycles. The van der Waals surface area contributed by atoms with Gasteiger partial charge in [0.1, 0.15) is 5.75 Å². The number of nitrogens with zero attached hydrogens (tertiary/aromatic N) is 2. The third-order valence-corrected chi connectivity index (χ3v) is 6.47. The van der Waals surface area contributed by atoms with Crippen molar-refractivity contribution in [1.82, 2.24) is 9.80 Å². The monoisotopic (exact) mass is 358 g/mol. The zero-order valence-electron chi connectivity index (χ0n) is 12.8. The number of rotatable bonds is 3. The lowest BCUT2D eigenvalue weighted by molar-refractivity contribution is -0.138. The second-order valence-electron chi connectivity index (χ2n) is 6.00. The fraction of sp³-hybridized carbons (Fsp3) is 0.533. The Bertz CT molecular complexity index is 709. The molecule has 1 aromatic carbocycles. The number of carbonyl (C=O) groups excluding carboxylic acids is 1. The number of ether oxygens (including phenoxy) is 1. The third kappa shape index (κ3) is 3.46. The van der Waals surface area contributed by atoms with Crippen LogP contribution in [0.3, 0.4) is 0 Å². The molecule has 2 aliphatic heterocycles. The van der Waals surface area contributed by atoms with Gasteiger partial charge in [-0.15, -0.1) is 0 Å². The van der Waals surface area contributed by atoms with Crippen molar-refractivity contribution in [1.29, 1.82) is 0 Å². The third-order valence-electron chi connectivity index (χ3n) is 4.46. The maximum atomic E-state index is 12.5. The molecular formula is C15H19ClN2O4S. The summed E-state index contributed by atoms with van der Waals surface area (Å²) >= 11 is 6.00. The van der Waals surface area contributed by atoms with E-state index in [9.17, 15) is 13.2 Å². The van der Waals surface area contributed by atoms with Gasteiger partial charge in [0.15, 0.2) is 16.4 Å². The summed E-state index contributed by atoms with van der Waals surface area (Å²) in [7, 11) is -1.20. The topological polar surface area (TPSA) is 66.9 Å². The van der Waals surface area contributed by atoms with Crippen molar-refractivity contribution in [3.8, 4) is 5.75 Å². The zero-order chi connectivity index (χ0) is 16.6. The van der Waals surface area contributed by atoms with Crippen LogP contribution in [-0.4, -0.2) is 74.5 Å². The number of amides is 1. The Kier molecular flexibility index (Phi) is 4.53. The van der Waals surface area contributed by atoms with Crippen LogP contribution >= 0.6 is 11.6 Å². The molecule has 0 aromatic heterocycles. The predicted octanol–water partition coefficient (Wildman–Crippen LogP) is 0.658. The van der Waals surface area contributed by atoms with Crippen molar-refractivity contribution in [2.24, 2.45) is 0 Å². The number of piperazine rings is 1. The van der Waals surface area contributed by atoms with E-state index in [0.29, 0.717) is 23.9 Å². The van der Waals surface area contributed by atoms with Gasteiger partial charge in [-0.1, -0.05) is 23.7 Å². The van der Waals surface area contributed by atoms with Gasteiger partial charge in [-0.3, -0.25) is 9.69 Å². The lowest BCUT2D eigenvalue weighted by atomic mass is 10.1. The molecule has 126 valence electrons. The van der Waals surface area contributed by atoms with E-state index in [1.807, 2.05) is 11.9 Å². The van der Waals surface area contributed by atoms with Gasteiger partial charge in [-0.2, -0.15) is 0 Å². The van der Waals surface area contributed by atoms with Gasteiger partial charge < -0.3 is 9.64 Å². The number of sulfone groups is 1. The van der Waals surface area contributed by atoms with Crippen molar-refractivity contribution in [2.75, 3.05) is 38.2 Å². The molecule has 0 unspecified atom stereocenters. The van der Waals surface area contributed by atoms with Gasteiger partial charge in [-0.25, -0.2) is 8.42 Å². The molecule has 0 N–H and O–H groups in total. The highest BCUT2D eigenvalue weighted by Crippen LogP contribution is 2.27. The molecule has 2 saturated heterocycles. The van der Waals surface area contributed by atoms with Gasteiger partial charge in [0.25, 0.3) is 5.91 Å². The van der Waals surface area contributed by atoms with E-state index < -0.39 is 9.84 Å². The number of fused-ring (bicyclic) bond motifs is 1. The summed E-state index contributed by atoms with van der Waals surface area (Å²) in [5, 5.41) is 0.444. The smallest absolute Gasteiger partial charge is 0.260 e. The first-order valence-electron chi connectivity index (χ1n) is 7.45. The number of carbonyl (C=O) groups is 1. The molecule has 2 atom stereocenters. The number of hydrogen-bond acceptors (Lipinski definition) is 5. The lowest BCUT2D eigenvalue weighted by Crippen LogP contribution is -2.60. The first-order valence-corrected chi connectivity index (χ1v) is 9.65. The first kappa shape index (κ1) is 16.5. The first-order chi connectivity index (χ1) is 10.9. The van der Waals surface area contributed by atoms with E-state index in [1.165, 1.54) is 0 Å². The molecule has 2 fully saturated rings. The van der Waals surface area contributed by atoms with Crippen LogP contribution in [0, 0.1) is 0 Å². The summed E-state index contributed by atoms with van der Waals surface area (Å²) in [5.74, 6) is 0.390. The lowest BCUT2D eigenvalue weighted by Gasteiger charge is -2.42. The van der Waals surface area contributed by atoms with Crippen LogP contribution in [-0.2, 0) is 14.6 Å². The minimum atomic E-state index is -3.10. The Morgan fingerprint density at radius 3 is 2.70 bits per heavy atom. The zero-order valence-corrected chi connectivity index (χ0v) is 14.4. The van der Waals surface area contributed by atoms with Crippen molar-refractivity contribution in [3.63, 3.8) is 0 Å². The van der Waals surface area contributed by atoms with Crippen LogP contribution in [0.5, 0.6) is 5.75 Å². The van der Waals surface area contributed by atoms with E-state index >= 15 is 0 Å². The molecule has 1 aromatic rings. The van der Waals surface area contributed by atoms with E-state index in [4.69, 9.17) is 16.3 Å². The predicted molar refractivity (Wildman–Crippen MR) is 87.5 cm³/mol. The van der Waals surface area contributed by atoms with Crippen LogP contribution in [0.2, 0.25) is 5.02 Å². The number of likely N-dealkylation sites (N-methyl/N-ethyl adjacent to an activating group) is 1. The van der Waals surface area contributed by atoms with Crippen LogP contribution in [0.15, 0.2) is 24.3 Å². The Morgan fingerprint density at radius 1 is 1.26 bits per heavy atom. The molecule has 0 bridgehead atoms. The maximum absolute atomic E-state index is 12.5. The number of benzene rings is 1. The van der Waals surface area contributed by atoms with E-state index in [1.54, 1.807) is 29.2 Å². The summed E-state index contributed by atoms with van der Waals surface area (Å²) in [6.07, 6.45) is 0. The van der Waals surface area contributed by atoms with Crippen LogP contribution in [0.1, 0.15) is 0 Å². The molecule has 0 aliphatic carbocycles. The van der Waals surface area contributed by atoms with Crippen LogP contribution < -0.4 is 4.74 Å². The van der Waals surface area contributed by atoms with Crippen molar-refractivity contribution in [3.05, 3.63) is 29.3 Å². The Labute approximate surface area is 140 Å². The Morgan fingerprint density at radius 2 is 1.96 bits per heavy atom. The molecule has 8 heteroatoms. The SMILES string of the molecule is CN1CCN(C(=O)COc2ccccc2Cl)[C@@H]2CS(=O)(=O)C[C@@H]21. The van der Waals surface area contributed by atoms with Gasteiger partial charge >= 0.3 is 0 Å². The molecule has 23 heavy (non-hydrogen) atoms. The minimum Gasteiger partial charge on any atom is -0.482 e. The normalized spacial score (nSPS) is 26.8. The van der Waals surface area contributed by atoms with Crippen LogP contribution in [0.25, 0.3) is 0 Å². The Balaban J connectivity index is 1.69. The number of hydrogen-bond donors (Lipinski definition) is 0. The summed E-state index contributed by atoms with van der Waals surface area (Å²) in [4.78, 5) is 16.2. The summed E-state index contributed by atoms with van der Waals surface area (Å²) < 4.78 is 29.3. The van der Waals surface area contributed by atoms with Gasteiger partial charge in [0.05, 0.1) is 22.6 Å². The maximum Gasteiger partial charge on any atom is 0.260 e. The second-order valence-corrected chi connectivity index (χ2v) is 8.56. The molecule has 0 radical (unpaired) electrons. The molecule has 3 rings (SSSR count). The average molecular weight is 359 g/mol. The summed E-state index contributed by atoms with van der Waals surface area (Å²) in [5.41, 5.74) is 0. The van der Waals surface area contributed by atoms with E-state index in [2.05, 4.69) is 0 Å². The molecule has 6 nitrogen and oxygen atoms in total. The highest BCUT2D eigenvalue weighted by atomic mass is 35.5. The molecule has 1 amide bonds. The molecule has 0 saturated carbocycles. The largest absolute Gasteiger partial charge is 0.482 e. The van der Waals surface area contributed by atoms with Crippen molar-refractivity contribution >= 4 is 27.3 Å². The van der Waals surface area contributed by atoms with Crippen molar-refractivity contribution in [2.45, 2.75) is 12.1 Å². The number of halogens is 1.